The van der Waals surface area contributed by atoms with Crippen LogP contribution in [0.3, 0.4) is 0 Å². The van der Waals surface area contributed by atoms with Crippen LogP contribution in [0.25, 0.3) is 5.73 Å². The number of allylic oxidation sites excluding steroid dienone is 4. The number of hydrogen-bond donors (Lipinski definition) is 0. The quantitative estimate of drug-likeness (QED) is 0.286. The van der Waals surface area contributed by atoms with Gasteiger partial charge in [0.15, 0.2) is 0 Å². The summed E-state index contributed by atoms with van der Waals surface area (Å²) < 4.78 is 0. The maximum absolute atomic E-state index is 7.50. The fourth-order valence-electron chi connectivity index (χ4n) is 1.50. The Morgan fingerprint density at radius 1 is 1.14 bits per heavy atom. The van der Waals surface area contributed by atoms with Crippen LogP contribution < -0.4 is 0 Å². The van der Waals surface area contributed by atoms with E-state index < -0.39 is 0 Å². The summed E-state index contributed by atoms with van der Waals surface area (Å²) in [6.07, 6.45) is 8.24. The monoisotopic (exact) mass is 523 g/mol. The number of hydrogen-bond acceptors (Lipinski definition) is 0. The molecule has 2 radical (unpaired) electrons. The second-order valence-corrected chi connectivity index (χ2v) is 5.74. The second-order valence-electron chi connectivity index (χ2n) is 4.74. The third-order valence-electron chi connectivity index (χ3n) is 2.45. The zero-order valence-electron chi connectivity index (χ0n) is 14.1. The van der Waals surface area contributed by atoms with E-state index in [4.69, 9.17) is 5.73 Å². The normalized spacial score (nSPS) is 10.5. The molecule has 1 nitrogen and oxygen atoms in total. The summed E-state index contributed by atoms with van der Waals surface area (Å²) in [5, 5.41) is 0. The van der Waals surface area contributed by atoms with Crippen LogP contribution in [0.4, 0.5) is 5.69 Å². The van der Waals surface area contributed by atoms with E-state index in [1.165, 1.54) is 5.57 Å². The zero-order chi connectivity index (χ0) is 14.7. The molecule has 1 aliphatic rings. The summed E-state index contributed by atoms with van der Waals surface area (Å²) in [6.45, 7) is 10.6. The Labute approximate surface area is 170 Å². The standard InChI is InChI=1S/C9H12N.C6H7.C2H6Si.2ClH.Hf/c1-7(2)8-5-3-4-6-9(8)10;1-6-4-2-3-5-6;1-3-2;;;/h3-7,10H,1-2H3;4-5H,2H2,1H3;1-2H3;2*1H;/q2*-1;;;;. The van der Waals surface area contributed by atoms with E-state index >= 15 is 0 Å². The van der Waals surface area contributed by atoms with E-state index in [1.54, 1.807) is 0 Å². The Morgan fingerprint density at radius 2 is 1.64 bits per heavy atom. The Morgan fingerprint density at radius 3 is 1.86 bits per heavy atom. The van der Waals surface area contributed by atoms with Crippen molar-refractivity contribution in [2.24, 2.45) is 0 Å². The molecule has 0 saturated heterocycles. The Hall–Kier alpha value is 0.167. The van der Waals surface area contributed by atoms with Crippen molar-refractivity contribution in [1.29, 1.82) is 0 Å². The molecule has 0 heterocycles. The van der Waals surface area contributed by atoms with Crippen molar-refractivity contribution in [3.63, 3.8) is 0 Å². The molecule has 1 aromatic rings. The molecule has 124 valence electrons. The minimum absolute atomic E-state index is 0. The van der Waals surface area contributed by atoms with E-state index in [9.17, 15) is 0 Å². The van der Waals surface area contributed by atoms with Crippen LogP contribution in [0.1, 0.15) is 38.7 Å². The molecule has 1 N–H and O–H groups in total. The molecule has 0 aliphatic heterocycles. The Balaban J connectivity index is -0.000000118. The summed E-state index contributed by atoms with van der Waals surface area (Å²) in [5.74, 6) is 0.466. The van der Waals surface area contributed by atoms with Crippen molar-refractivity contribution in [3.8, 4) is 0 Å². The molecule has 0 saturated carbocycles. The van der Waals surface area contributed by atoms with Crippen LogP contribution in [0.2, 0.25) is 13.1 Å². The number of rotatable bonds is 1. The van der Waals surface area contributed by atoms with Gasteiger partial charge in [0.05, 0.1) is 0 Å². The summed E-state index contributed by atoms with van der Waals surface area (Å²) in [6, 6.07) is 7.71. The zero-order valence-corrected chi connectivity index (χ0v) is 20.3. The molecule has 0 unspecified atom stereocenters. The van der Waals surface area contributed by atoms with E-state index in [0.717, 1.165) is 21.5 Å². The minimum Gasteiger partial charge on any atom is -0.698 e. The predicted molar refractivity (Wildman–Crippen MR) is 103 cm³/mol. The molecule has 22 heavy (non-hydrogen) atoms. The van der Waals surface area contributed by atoms with Gasteiger partial charge in [-0.15, -0.1) is 43.8 Å². The third-order valence-corrected chi connectivity index (χ3v) is 2.45. The molecule has 0 bridgehead atoms. The van der Waals surface area contributed by atoms with Crippen LogP contribution in [0, 0.1) is 6.08 Å². The molecule has 0 amide bonds. The molecule has 0 fully saturated rings. The van der Waals surface area contributed by atoms with Gasteiger partial charge in [-0.3, -0.25) is 6.08 Å². The average molecular weight is 523 g/mol. The van der Waals surface area contributed by atoms with Crippen LogP contribution >= 0.6 is 24.8 Å². The van der Waals surface area contributed by atoms with Crippen LogP contribution in [0.15, 0.2) is 42.0 Å². The minimum atomic E-state index is 0. The van der Waals surface area contributed by atoms with Crippen molar-refractivity contribution in [2.45, 2.75) is 46.2 Å². The molecular formula is C17H27Cl2HfNSi-2. The van der Waals surface area contributed by atoms with E-state index in [2.05, 4.69) is 46.0 Å². The van der Waals surface area contributed by atoms with Gasteiger partial charge in [0.1, 0.15) is 0 Å². The summed E-state index contributed by atoms with van der Waals surface area (Å²) in [5.41, 5.74) is 10.6. The second kappa shape index (κ2) is 19.2. The molecule has 1 aromatic carbocycles. The topological polar surface area (TPSA) is 23.8 Å². The van der Waals surface area contributed by atoms with Gasteiger partial charge in [-0.25, -0.2) is 11.6 Å². The smallest absolute Gasteiger partial charge is 0.0307 e. The molecule has 0 atom stereocenters. The first kappa shape index (κ1) is 30.1. The molecule has 5 heteroatoms. The van der Waals surface area contributed by atoms with Gasteiger partial charge < -0.3 is 5.73 Å². The number of halogens is 2. The molecule has 1 aliphatic carbocycles. The first-order valence-electron chi connectivity index (χ1n) is 6.65. The van der Waals surface area contributed by atoms with Crippen molar-refractivity contribution < 1.29 is 25.8 Å². The first-order chi connectivity index (χ1) is 9.02. The van der Waals surface area contributed by atoms with Crippen molar-refractivity contribution in [1.82, 2.24) is 0 Å². The molecule has 2 rings (SSSR count). The maximum atomic E-state index is 7.50. The van der Waals surface area contributed by atoms with Gasteiger partial charge in [0, 0.05) is 35.4 Å². The van der Waals surface area contributed by atoms with Crippen LogP contribution in [-0.2, 0) is 25.8 Å². The van der Waals surface area contributed by atoms with Crippen LogP contribution in [0.5, 0.6) is 0 Å². The van der Waals surface area contributed by atoms with E-state index in [1.807, 2.05) is 30.3 Å². The summed E-state index contributed by atoms with van der Waals surface area (Å²) >= 11 is 0. The van der Waals surface area contributed by atoms with Gasteiger partial charge in [0.2, 0.25) is 0 Å². The predicted octanol–water partition coefficient (Wildman–Crippen LogP) is 6.82. The SMILES string of the molecule is CC(C)c1ccccc1[NH-].CC1=CC[C-]=C1.C[Si]C.Cl.Cl.[Hf]. The summed E-state index contributed by atoms with van der Waals surface area (Å²) in [7, 11) is 1.08. The third kappa shape index (κ3) is 15.1. The van der Waals surface area contributed by atoms with Crippen LogP contribution in [-0.4, -0.2) is 9.52 Å². The summed E-state index contributed by atoms with van der Waals surface area (Å²) in [4.78, 5) is 0. The van der Waals surface area contributed by atoms with Gasteiger partial charge >= 0.3 is 0 Å². The van der Waals surface area contributed by atoms with Crippen molar-refractivity contribution in [3.05, 3.63) is 59.4 Å². The van der Waals surface area contributed by atoms with E-state index in [0.29, 0.717) is 11.6 Å². The fraction of sp³-hybridized carbons (Fsp3) is 0.412. The Kier molecular flexibility index (Phi) is 26.3. The maximum Gasteiger partial charge on any atom is 0.0307 e. The number of benzene rings is 1. The first-order valence-corrected chi connectivity index (χ1v) is 8.65. The number of nitrogens with one attached hydrogen (secondary N) is 1. The fourth-order valence-corrected chi connectivity index (χ4v) is 1.50. The molecule has 0 aromatic heterocycles. The van der Waals surface area contributed by atoms with Gasteiger partial charge in [-0.05, 0) is 5.92 Å². The van der Waals surface area contributed by atoms with Gasteiger partial charge in [0.25, 0.3) is 0 Å². The van der Waals surface area contributed by atoms with Crippen molar-refractivity contribution in [2.75, 3.05) is 0 Å². The Bertz CT molecular complexity index is 418. The van der Waals surface area contributed by atoms with Crippen molar-refractivity contribution >= 4 is 40.0 Å². The molecular weight excluding hydrogens is 496 g/mol. The van der Waals surface area contributed by atoms with E-state index in [-0.39, 0.29) is 50.7 Å². The largest absolute Gasteiger partial charge is 0.698 e. The molecule has 0 spiro atoms. The van der Waals surface area contributed by atoms with Gasteiger partial charge in [-0.2, -0.15) is 6.08 Å². The van der Waals surface area contributed by atoms with Gasteiger partial charge in [-0.1, -0.05) is 56.8 Å². The average Bonchev–Trinajstić information content (AvgIpc) is 2.82.